The van der Waals surface area contributed by atoms with Crippen LogP contribution in [0.3, 0.4) is 0 Å². The van der Waals surface area contributed by atoms with Crippen LogP contribution in [0.15, 0.2) is 0 Å². The van der Waals surface area contributed by atoms with Gasteiger partial charge in [-0.1, -0.05) is 0 Å². The SMILES string of the molecule is CC(C)OC(C)(C=O)OC(C)C. The Morgan fingerprint density at radius 2 is 1.42 bits per heavy atom. The van der Waals surface area contributed by atoms with Gasteiger partial charge in [-0.2, -0.15) is 0 Å². The highest BCUT2D eigenvalue weighted by atomic mass is 16.7. The van der Waals surface area contributed by atoms with Gasteiger partial charge in [0, 0.05) is 0 Å². The summed E-state index contributed by atoms with van der Waals surface area (Å²) in [5.74, 6) is -1.09. The second-order valence-electron chi connectivity index (χ2n) is 3.47. The molecular weight excluding hydrogens is 156 g/mol. The Labute approximate surface area is 74.0 Å². The van der Waals surface area contributed by atoms with Crippen molar-refractivity contribution in [3.05, 3.63) is 0 Å². The zero-order valence-electron chi connectivity index (χ0n) is 8.46. The van der Waals surface area contributed by atoms with E-state index in [9.17, 15) is 4.79 Å². The molecule has 0 N–H and O–H groups in total. The average molecular weight is 174 g/mol. The fourth-order valence-electron chi connectivity index (χ4n) is 1.02. The highest BCUT2D eigenvalue weighted by Crippen LogP contribution is 2.14. The van der Waals surface area contributed by atoms with E-state index in [1.807, 2.05) is 27.7 Å². The lowest BCUT2D eigenvalue weighted by Crippen LogP contribution is -2.38. The van der Waals surface area contributed by atoms with Crippen molar-refractivity contribution in [2.45, 2.75) is 52.6 Å². The smallest absolute Gasteiger partial charge is 0.223 e. The van der Waals surface area contributed by atoms with E-state index in [4.69, 9.17) is 9.47 Å². The molecule has 0 aromatic heterocycles. The number of rotatable bonds is 5. The van der Waals surface area contributed by atoms with Crippen molar-refractivity contribution >= 4 is 6.29 Å². The molecule has 0 saturated heterocycles. The van der Waals surface area contributed by atoms with E-state index >= 15 is 0 Å². The molecule has 72 valence electrons. The molecule has 0 unspecified atom stereocenters. The molecule has 0 atom stereocenters. The predicted octanol–water partition coefficient (Wildman–Crippen LogP) is 1.75. The number of ether oxygens (including phenoxy) is 2. The van der Waals surface area contributed by atoms with Crippen molar-refractivity contribution < 1.29 is 14.3 Å². The number of aldehydes is 1. The van der Waals surface area contributed by atoms with Crippen molar-refractivity contribution in [2.75, 3.05) is 0 Å². The van der Waals surface area contributed by atoms with Crippen molar-refractivity contribution in [3.63, 3.8) is 0 Å². The van der Waals surface area contributed by atoms with Crippen LogP contribution in [0.25, 0.3) is 0 Å². The zero-order chi connectivity index (χ0) is 9.78. The normalized spacial score (nSPS) is 12.6. The fourth-order valence-corrected chi connectivity index (χ4v) is 1.02. The second-order valence-corrected chi connectivity index (χ2v) is 3.47. The third-order valence-corrected chi connectivity index (χ3v) is 1.15. The number of hydrogen-bond acceptors (Lipinski definition) is 3. The molecule has 0 fully saturated rings. The van der Waals surface area contributed by atoms with E-state index in [1.165, 1.54) is 0 Å². The van der Waals surface area contributed by atoms with Crippen LogP contribution in [0.2, 0.25) is 0 Å². The van der Waals surface area contributed by atoms with Gasteiger partial charge in [-0.3, -0.25) is 4.79 Å². The maximum atomic E-state index is 10.6. The van der Waals surface area contributed by atoms with Crippen LogP contribution < -0.4 is 0 Å². The second kappa shape index (κ2) is 4.58. The van der Waals surface area contributed by atoms with E-state index in [-0.39, 0.29) is 12.2 Å². The van der Waals surface area contributed by atoms with Crippen LogP contribution in [0.5, 0.6) is 0 Å². The lowest BCUT2D eigenvalue weighted by Gasteiger charge is -2.28. The molecule has 0 radical (unpaired) electrons. The van der Waals surface area contributed by atoms with Crippen LogP contribution in [-0.2, 0) is 14.3 Å². The van der Waals surface area contributed by atoms with Crippen LogP contribution in [0.1, 0.15) is 34.6 Å². The summed E-state index contributed by atoms with van der Waals surface area (Å²) in [5, 5.41) is 0. The Morgan fingerprint density at radius 3 is 1.58 bits per heavy atom. The molecule has 0 aliphatic rings. The quantitative estimate of drug-likeness (QED) is 0.470. The summed E-state index contributed by atoms with van der Waals surface area (Å²) in [6.45, 7) is 9.09. The first kappa shape index (κ1) is 11.6. The van der Waals surface area contributed by atoms with Gasteiger partial charge < -0.3 is 9.47 Å². The number of carbonyl (C=O) groups is 1. The van der Waals surface area contributed by atoms with Crippen molar-refractivity contribution in [1.29, 1.82) is 0 Å². The topological polar surface area (TPSA) is 35.5 Å². The van der Waals surface area contributed by atoms with E-state index in [1.54, 1.807) is 6.92 Å². The molecule has 0 heterocycles. The van der Waals surface area contributed by atoms with Crippen LogP contribution in [0, 0.1) is 0 Å². The van der Waals surface area contributed by atoms with Crippen LogP contribution in [-0.4, -0.2) is 24.3 Å². The van der Waals surface area contributed by atoms with E-state index in [0.29, 0.717) is 6.29 Å². The largest absolute Gasteiger partial charge is 0.341 e. The van der Waals surface area contributed by atoms with Gasteiger partial charge in [0.25, 0.3) is 0 Å². The van der Waals surface area contributed by atoms with E-state index < -0.39 is 5.79 Å². The minimum atomic E-state index is -1.09. The molecule has 3 nitrogen and oxygen atoms in total. The van der Waals surface area contributed by atoms with Gasteiger partial charge in [0.2, 0.25) is 5.79 Å². The Balaban J connectivity index is 4.14. The molecule has 12 heavy (non-hydrogen) atoms. The molecule has 0 saturated carbocycles. The van der Waals surface area contributed by atoms with Gasteiger partial charge in [-0.15, -0.1) is 0 Å². The Bertz CT molecular complexity index is 131. The molecule has 0 aliphatic heterocycles. The summed E-state index contributed by atoms with van der Waals surface area (Å²) in [6, 6.07) is 0. The number of hydrogen-bond donors (Lipinski definition) is 0. The molecule has 0 aromatic rings. The van der Waals surface area contributed by atoms with Crippen molar-refractivity contribution in [2.24, 2.45) is 0 Å². The third-order valence-electron chi connectivity index (χ3n) is 1.15. The van der Waals surface area contributed by atoms with Gasteiger partial charge in [0.15, 0.2) is 6.29 Å². The standard InChI is InChI=1S/C9H18O3/c1-7(2)11-9(5,6-10)12-8(3)4/h6-8H,1-5H3. The minimum Gasteiger partial charge on any atom is -0.341 e. The van der Waals surface area contributed by atoms with Crippen LogP contribution in [0.4, 0.5) is 0 Å². The predicted molar refractivity (Wildman–Crippen MR) is 46.9 cm³/mol. The van der Waals surface area contributed by atoms with Crippen molar-refractivity contribution in [3.8, 4) is 0 Å². The molecule has 3 heteroatoms. The molecule has 0 aliphatic carbocycles. The lowest BCUT2D eigenvalue weighted by atomic mass is 10.3. The highest BCUT2D eigenvalue weighted by Gasteiger charge is 2.27. The molecule has 0 rings (SSSR count). The van der Waals surface area contributed by atoms with Gasteiger partial charge in [0.1, 0.15) is 0 Å². The first-order valence-electron chi connectivity index (χ1n) is 4.21. The van der Waals surface area contributed by atoms with Gasteiger partial charge >= 0.3 is 0 Å². The summed E-state index contributed by atoms with van der Waals surface area (Å²) in [4.78, 5) is 10.6. The minimum absolute atomic E-state index is 0.0149. The molecule has 0 aromatic carbocycles. The summed E-state index contributed by atoms with van der Waals surface area (Å²) in [7, 11) is 0. The zero-order valence-corrected chi connectivity index (χ0v) is 8.46. The first-order chi connectivity index (χ1) is 5.39. The monoisotopic (exact) mass is 174 g/mol. The lowest BCUT2D eigenvalue weighted by molar-refractivity contribution is -0.236. The van der Waals surface area contributed by atoms with Gasteiger partial charge in [0.05, 0.1) is 12.2 Å². The summed E-state index contributed by atoms with van der Waals surface area (Å²) < 4.78 is 10.6. The maximum absolute atomic E-state index is 10.6. The van der Waals surface area contributed by atoms with Crippen LogP contribution >= 0.6 is 0 Å². The Hall–Kier alpha value is -0.410. The fraction of sp³-hybridized carbons (Fsp3) is 0.889. The Kier molecular flexibility index (Phi) is 4.42. The average Bonchev–Trinajstić information content (AvgIpc) is 1.83. The Morgan fingerprint density at radius 1 is 1.08 bits per heavy atom. The van der Waals surface area contributed by atoms with E-state index in [2.05, 4.69) is 0 Å². The number of carbonyl (C=O) groups excluding carboxylic acids is 1. The summed E-state index contributed by atoms with van der Waals surface area (Å²) in [6.07, 6.45) is 0.658. The molecular formula is C9H18O3. The van der Waals surface area contributed by atoms with E-state index in [0.717, 1.165) is 0 Å². The van der Waals surface area contributed by atoms with Gasteiger partial charge in [-0.05, 0) is 34.6 Å². The maximum Gasteiger partial charge on any atom is 0.223 e. The summed E-state index contributed by atoms with van der Waals surface area (Å²) >= 11 is 0. The highest BCUT2D eigenvalue weighted by molar-refractivity contribution is 5.59. The summed E-state index contributed by atoms with van der Waals surface area (Å²) in [5.41, 5.74) is 0. The molecule has 0 bridgehead atoms. The van der Waals surface area contributed by atoms with Gasteiger partial charge in [-0.25, -0.2) is 0 Å². The van der Waals surface area contributed by atoms with Crippen molar-refractivity contribution in [1.82, 2.24) is 0 Å². The first-order valence-corrected chi connectivity index (χ1v) is 4.21. The third kappa shape index (κ3) is 4.46. The molecule has 0 amide bonds. The molecule has 0 spiro atoms.